The van der Waals surface area contributed by atoms with Crippen LogP contribution in [0.25, 0.3) is 0 Å². The van der Waals surface area contributed by atoms with E-state index in [1.165, 1.54) is 40.7 Å². The SMILES string of the molecule is O=C(NNC(=O)C(F)F)c1ccc(CN(C(=O)N2CCS(=O)(=O)CC2)c2cccc(C(F)(F)F)n2)cc1. The fourth-order valence-electron chi connectivity index (χ4n) is 3.24. The lowest BCUT2D eigenvalue weighted by Crippen LogP contribution is -2.50. The number of pyridine rings is 1. The zero-order valence-corrected chi connectivity index (χ0v) is 19.7. The molecular formula is C21H20F5N5O5S. The maximum Gasteiger partial charge on any atom is 0.433 e. The normalized spacial score (nSPS) is 15.2. The number of hydrogen-bond donors (Lipinski definition) is 2. The maximum atomic E-state index is 13.2. The van der Waals surface area contributed by atoms with Crippen LogP contribution in [-0.4, -0.2) is 67.2 Å². The number of benzene rings is 1. The molecule has 0 spiro atoms. The largest absolute Gasteiger partial charge is 0.433 e. The van der Waals surface area contributed by atoms with E-state index in [0.717, 1.165) is 17.0 Å². The van der Waals surface area contributed by atoms with Crippen LogP contribution in [0.1, 0.15) is 21.6 Å². The molecule has 2 heterocycles. The van der Waals surface area contributed by atoms with E-state index in [9.17, 15) is 44.8 Å². The lowest BCUT2D eigenvalue weighted by Gasteiger charge is -2.32. The molecule has 3 rings (SSSR count). The summed E-state index contributed by atoms with van der Waals surface area (Å²) in [5, 5.41) is 0. The number of aromatic nitrogens is 1. The zero-order chi connectivity index (χ0) is 27.4. The Morgan fingerprint density at radius 1 is 1.00 bits per heavy atom. The van der Waals surface area contributed by atoms with Gasteiger partial charge >= 0.3 is 24.5 Å². The average Bonchev–Trinajstić information content (AvgIpc) is 2.85. The Hall–Kier alpha value is -3.82. The lowest BCUT2D eigenvalue weighted by atomic mass is 10.1. The highest BCUT2D eigenvalue weighted by atomic mass is 32.2. The molecule has 2 N–H and O–H groups in total. The number of rotatable bonds is 5. The molecule has 0 saturated carbocycles. The predicted octanol–water partition coefficient (Wildman–Crippen LogP) is 1.98. The van der Waals surface area contributed by atoms with E-state index in [-0.39, 0.29) is 42.5 Å². The number of alkyl halides is 5. The van der Waals surface area contributed by atoms with E-state index in [2.05, 4.69) is 4.98 Å². The molecule has 4 amide bonds. The van der Waals surface area contributed by atoms with Crippen LogP contribution in [0.2, 0.25) is 0 Å². The molecule has 0 aliphatic carbocycles. The van der Waals surface area contributed by atoms with Crippen LogP contribution in [0.15, 0.2) is 42.5 Å². The highest BCUT2D eigenvalue weighted by Crippen LogP contribution is 2.29. The first-order chi connectivity index (χ1) is 17.3. The topological polar surface area (TPSA) is 129 Å². The van der Waals surface area contributed by atoms with Gasteiger partial charge in [-0.05, 0) is 29.8 Å². The molecule has 200 valence electrons. The number of anilines is 1. The minimum Gasteiger partial charge on any atom is -0.322 e. The van der Waals surface area contributed by atoms with Crippen LogP contribution in [0, 0.1) is 0 Å². The molecule has 0 unspecified atom stereocenters. The predicted molar refractivity (Wildman–Crippen MR) is 119 cm³/mol. The fraction of sp³-hybridized carbons (Fsp3) is 0.333. The molecule has 1 fully saturated rings. The first-order valence-electron chi connectivity index (χ1n) is 10.6. The van der Waals surface area contributed by atoms with Crippen LogP contribution in [-0.2, 0) is 27.4 Å². The van der Waals surface area contributed by atoms with Crippen molar-refractivity contribution in [2.24, 2.45) is 0 Å². The molecule has 0 atom stereocenters. The summed E-state index contributed by atoms with van der Waals surface area (Å²) >= 11 is 0. The van der Waals surface area contributed by atoms with Gasteiger partial charge in [0.05, 0.1) is 18.1 Å². The van der Waals surface area contributed by atoms with Crippen LogP contribution in [0.5, 0.6) is 0 Å². The molecule has 2 aromatic rings. The lowest BCUT2D eigenvalue weighted by molar-refractivity contribution is -0.141. The Balaban J connectivity index is 1.83. The van der Waals surface area contributed by atoms with Crippen molar-refractivity contribution in [3.63, 3.8) is 0 Å². The quantitative estimate of drug-likeness (QED) is 0.434. The summed E-state index contributed by atoms with van der Waals surface area (Å²) in [4.78, 5) is 41.8. The number of carbonyl (C=O) groups is 3. The Kier molecular flexibility index (Phi) is 8.30. The van der Waals surface area contributed by atoms with Gasteiger partial charge < -0.3 is 4.90 Å². The number of nitrogens with one attached hydrogen (secondary N) is 2. The van der Waals surface area contributed by atoms with Crippen molar-refractivity contribution < 1.29 is 44.8 Å². The third-order valence-corrected chi connectivity index (χ3v) is 6.81. The highest BCUT2D eigenvalue weighted by Gasteiger charge is 2.34. The standard InChI is InChI=1S/C21H20F5N5O5S/c22-17(23)19(33)29-28-18(32)14-6-4-13(5-7-14)12-31(16-3-1-2-15(27-16)21(24,25)26)20(34)30-8-10-37(35,36)11-9-30/h1-7,17H,8-12H2,(H,28,32)(H,29,33). The average molecular weight is 549 g/mol. The Morgan fingerprint density at radius 2 is 1.62 bits per heavy atom. The molecule has 1 saturated heterocycles. The molecule has 16 heteroatoms. The van der Waals surface area contributed by atoms with Crippen molar-refractivity contribution in [3.8, 4) is 0 Å². The van der Waals surface area contributed by atoms with Crippen LogP contribution in [0.3, 0.4) is 0 Å². The van der Waals surface area contributed by atoms with Crippen LogP contribution in [0.4, 0.5) is 32.6 Å². The number of sulfone groups is 1. The second-order valence-corrected chi connectivity index (χ2v) is 10.1. The smallest absolute Gasteiger partial charge is 0.322 e. The molecular weight excluding hydrogens is 529 g/mol. The number of halogens is 5. The van der Waals surface area contributed by atoms with E-state index in [1.807, 2.05) is 0 Å². The summed E-state index contributed by atoms with van der Waals surface area (Å²) in [5.41, 5.74) is 2.40. The van der Waals surface area contributed by atoms with Crippen molar-refractivity contribution in [3.05, 3.63) is 59.3 Å². The van der Waals surface area contributed by atoms with Crippen molar-refractivity contribution >= 4 is 33.5 Å². The van der Waals surface area contributed by atoms with Gasteiger partial charge in [-0.2, -0.15) is 22.0 Å². The molecule has 1 aromatic heterocycles. The second-order valence-electron chi connectivity index (χ2n) is 7.83. The third kappa shape index (κ3) is 7.34. The minimum absolute atomic E-state index is 0.0466. The number of hydrogen-bond acceptors (Lipinski definition) is 6. The van der Waals surface area contributed by atoms with Gasteiger partial charge in [-0.15, -0.1) is 0 Å². The van der Waals surface area contributed by atoms with Gasteiger partial charge in [0, 0.05) is 18.7 Å². The molecule has 1 aliphatic rings. The van der Waals surface area contributed by atoms with E-state index < -0.39 is 46.0 Å². The van der Waals surface area contributed by atoms with Gasteiger partial charge in [-0.25, -0.2) is 18.2 Å². The van der Waals surface area contributed by atoms with E-state index in [4.69, 9.17) is 0 Å². The van der Waals surface area contributed by atoms with Gasteiger partial charge in [-0.3, -0.25) is 25.3 Å². The first-order valence-corrected chi connectivity index (χ1v) is 12.4. The van der Waals surface area contributed by atoms with Crippen molar-refractivity contribution in [1.29, 1.82) is 0 Å². The van der Waals surface area contributed by atoms with Crippen LogP contribution < -0.4 is 15.8 Å². The van der Waals surface area contributed by atoms with Gasteiger partial charge in [0.1, 0.15) is 11.5 Å². The summed E-state index contributed by atoms with van der Waals surface area (Å²) < 4.78 is 87.6. The molecule has 1 aromatic carbocycles. The number of nitrogens with zero attached hydrogens (tertiary/aromatic N) is 3. The Labute approximate surface area is 207 Å². The van der Waals surface area contributed by atoms with E-state index in [0.29, 0.717) is 5.56 Å². The summed E-state index contributed by atoms with van der Waals surface area (Å²) in [6, 6.07) is 7.45. The first kappa shape index (κ1) is 27.8. The van der Waals surface area contributed by atoms with E-state index in [1.54, 1.807) is 5.43 Å². The van der Waals surface area contributed by atoms with Crippen molar-refractivity contribution in [2.45, 2.75) is 19.1 Å². The molecule has 10 nitrogen and oxygen atoms in total. The Bertz CT molecular complexity index is 1260. The second kappa shape index (κ2) is 11.1. The Morgan fingerprint density at radius 3 is 2.19 bits per heavy atom. The van der Waals surface area contributed by atoms with Gasteiger partial charge in [0.2, 0.25) is 0 Å². The fourth-order valence-corrected chi connectivity index (χ4v) is 4.44. The number of carbonyl (C=O) groups excluding carboxylic acids is 3. The zero-order valence-electron chi connectivity index (χ0n) is 18.8. The highest BCUT2D eigenvalue weighted by molar-refractivity contribution is 7.91. The summed E-state index contributed by atoms with van der Waals surface area (Å²) in [7, 11) is -3.33. The number of hydrazine groups is 1. The summed E-state index contributed by atoms with van der Waals surface area (Å²) in [6.45, 7) is -0.597. The van der Waals surface area contributed by atoms with Crippen LogP contribution >= 0.6 is 0 Å². The molecule has 37 heavy (non-hydrogen) atoms. The minimum atomic E-state index is -4.78. The van der Waals surface area contributed by atoms with Crippen molar-refractivity contribution in [2.75, 3.05) is 29.5 Å². The van der Waals surface area contributed by atoms with Gasteiger partial charge in [0.15, 0.2) is 9.84 Å². The monoisotopic (exact) mass is 549 g/mol. The molecule has 1 aliphatic heterocycles. The van der Waals surface area contributed by atoms with Gasteiger partial charge in [-0.1, -0.05) is 18.2 Å². The molecule has 0 bridgehead atoms. The van der Waals surface area contributed by atoms with E-state index >= 15 is 0 Å². The number of urea groups is 1. The number of amides is 4. The van der Waals surface area contributed by atoms with Gasteiger partial charge in [0.25, 0.3) is 5.91 Å². The molecule has 0 radical (unpaired) electrons. The van der Waals surface area contributed by atoms with Crippen molar-refractivity contribution in [1.82, 2.24) is 20.7 Å². The summed E-state index contributed by atoms with van der Waals surface area (Å²) in [6.07, 6.45) is -8.12. The summed E-state index contributed by atoms with van der Waals surface area (Å²) in [5.74, 6) is -3.55. The third-order valence-electron chi connectivity index (χ3n) is 5.20. The maximum absolute atomic E-state index is 13.2.